The first kappa shape index (κ1) is 12.2. The summed E-state index contributed by atoms with van der Waals surface area (Å²) < 4.78 is 1.26. The van der Waals surface area contributed by atoms with Gasteiger partial charge in [0, 0.05) is 7.05 Å². The predicted molar refractivity (Wildman–Crippen MR) is 55.1 cm³/mol. The van der Waals surface area contributed by atoms with Crippen LogP contribution >= 0.6 is 0 Å². The fraction of sp³-hybridized carbons (Fsp3) is 0.556. The van der Waals surface area contributed by atoms with Gasteiger partial charge >= 0.3 is 11.7 Å². The molecule has 7 heteroatoms. The van der Waals surface area contributed by atoms with Crippen molar-refractivity contribution in [1.82, 2.24) is 9.78 Å². The average Bonchev–Trinajstić information content (AvgIpc) is 2.56. The summed E-state index contributed by atoms with van der Waals surface area (Å²) in [5.41, 5.74) is -0.204. The van der Waals surface area contributed by atoms with E-state index >= 15 is 0 Å². The molecule has 0 saturated carbocycles. The SMILES string of the molecule is CCCC(C(=O)O)c1nn(C)cc1[N+](=O)[O-]. The van der Waals surface area contributed by atoms with Crippen LogP contribution in [0.25, 0.3) is 0 Å². The van der Waals surface area contributed by atoms with E-state index in [1.165, 1.54) is 17.9 Å². The van der Waals surface area contributed by atoms with Gasteiger partial charge in [-0.05, 0) is 6.42 Å². The zero-order valence-electron chi connectivity index (χ0n) is 9.08. The highest BCUT2D eigenvalue weighted by Crippen LogP contribution is 2.28. The minimum atomic E-state index is -1.08. The van der Waals surface area contributed by atoms with E-state index in [2.05, 4.69) is 5.10 Å². The number of nitrogens with zero attached hydrogens (tertiary/aromatic N) is 3. The lowest BCUT2D eigenvalue weighted by atomic mass is 9.99. The normalized spacial score (nSPS) is 12.4. The third-order valence-corrected chi connectivity index (χ3v) is 2.24. The van der Waals surface area contributed by atoms with Gasteiger partial charge in [-0.25, -0.2) is 0 Å². The standard InChI is InChI=1S/C9H13N3O4/c1-3-4-6(9(13)14)8-7(12(15)16)5-11(2)10-8/h5-6H,3-4H2,1-2H3,(H,13,14). The van der Waals surface area contributed by atoms with Crippen LogP contribution in [0.3, 0.4) is 0 Å². The van der Waals surface area contributed by atoms with Crippen molar-refractivity contribution >= 4 is 11.7 Å². The molecule has 0 radical (unpaired) electrons. The van der Waals surface area contributed by atoms with E-state index < -0.39 is 16.8 Å². The highest BCUT2D eigenvalue weighted by Gasteiger charge is 2.30. The maximum absolute atomic E-state index is 11.0. The quantitative estimate of drug-likeness (QED) is 0.603. The van der Waals surface area contributed by atoms with Crippen LogP contribution in [0.1, 0.15) is 31.4 Å². The Balaban J connectivity index is 3.17. The van der Waals surface area contributed by atoms with E-state index in [4.69, 9.17) is 5.11 Å². The predicted octanol–water partition coefficient (Wildman–Crippen LogP) is 1.30. The summed E-state index contributed by atoms with van der Waals surface area (Å²) in [6, 6.07) is 0. The van der Waals surface area contributed by atoms with Crippen LogP contribution in [0.15, 0.2) is 6.20 Å². The molecular weight excluding hydrogens is 214 g/mol. The van der Waals surface area contributed by atoms with Crippen LogP contribution in [-0.2, 0) is 11.8 Å². The Kier molecular flexibility index (Phi) is 3.60. The Morgan fingerprint density at radius 2 is 2.38 bits per heavy atom. The Morgan fingerprint density at radius 3 is 2.81 bits per heavy atom. The Hall–Kier alpha value is -1.92. The number of carbonyl (C=O) groups is 1. The molecule has 0 aliphatic rings. The van der Waals surface area contributed by atoms with Crippen LogP contribution in [0, 0.1) is 10.1 Å². The summed E-state index contributed by atoms with van der Waals surface area (Å²) in [5.74, 6) is -1.99. The minimum Gasteiger partial charge on any atom is -0.481 e. The Bertz CT molecular complexity index is 413. The third kappa shape index (κ3) is 2.36. The van der Waals surface area contributed by atoms with Gasteiger partial charge in [-0.3, -0.25) is 19.6 Å². The van der Waals surface area contributed by atoms with Gasteiger partial charge in [0.1, 0.15) is 12.1 Å². The maximum Gasteiger partial charge on any atom is 0.312 e. The van der Waals surface area contributed by atoms with Gasteiger partial charge in [0.05, 0.1) is 4.92 Å². The van der Waals surface area contributed by atoms with Crippen LogP contribution in [0.5, 0.6) is 0 Å². The molecule has 0 fully saturated rings. The second-order valence-corrected chi connectivity index (χ2v) is 3.51. The van der Waals surface area contributed by atoms with Gasteiger partial charge in [0.15, 0.2) is 5.69 Å². The largest absolute Gasteiger partial charge is 0.481 e. The molecule has 1 unspecified atom stereocenters. The Labute approximate surface area is 91.8 Å². The van der Waals surface area contributed by atoms with E-state index in [-0.39, 0.29) is 11.4 Å². The summed E-state index contributed by atoms with van der Waals surface area (Å²) in [6.45, 7) is 1.82. The number of rotatable bonds is 5. The molecule has 0 aliphatic heterocycles. The van der Waals surface area contributed by atoms with Crippen molar-refractivity contribution < 1.29 is 14.8 Å². The van der Waals surface area contributed by atoms with Gasteiger partial charge in [0.25, 0.3) is 0 Å². The number of nitro groups is 1. The monoisotopic (exact) mass is 227 g/mol. The number of aromatic nitrogens is 2. The average molecular weight is 227 g/mol. The fourth-order valence-electron chi connectivity index (χ4n) is 1.55. The molecule has 0 aromatic carbocycles. The van der Waals surface area contributed by atoms with Crippen molar-refractivity contribution in [3.05, 3.63) is 22.0 Å². The lowest BCUT2D eigenvalue weighted by molar-refractivity contribution is -0.385. The molecule has 16 heavy (non-hydrogen) atoms. The fourth-order valence-corrected chi connectivity index (χ4v) is 1.55. The number of carboxylic acid groups (broad SMARTS) is 1. The number of aliphatic carboxylic acids is 1. The van der Waals surface area contributed by atoms with Crippen LogP contribution in [-0.4, -0.2) is 25.8 Å². The molecular formula is C9H13N3O4. The highest BCUT2D eigenvalue weighted by molar-refractivity contribution is 5.76. The van der Waals surface area contributed by atoms with Gasteiger partial charge in [-0.15, -0.1) is 0 Å². The number of hydrogen-bond donors (Lipinski definition) is 1. The molecule has 0 bridgehead atoms. The van der Waals surface area contributed by atoms with Crippen molar-refractivity contribution in [2.75, 3.05) is 0 Å². The smallest absolute Gasteiger partial charge is 0.312 e. The summed E-state index contributed by atoms with van der Waals surface area (Å²) in [6.07, 6.45) is 2.19. The van der Waals surface area contributed by atoms with Crippen LogP contribution in [0.2, 0.25) is 0 Å². The summed E-state index contributed by atoms with van der Waals surface area (Å²) in [5, 5.41) is 23.6. The molecule has 1 N–H and O–H groups in total. The van der Waals surface area contributed by atoms with Gasteiger partial charge in [0.2, 0.25) is 0 Å². The number of carboxylic acids is 1. The molecule has 1 heterocycles. The first-order valence-corrected chi connectivity index (χ1v) is 4.88. The van der Waals surface area contributed by atoms with E-state index in [9.17, 15) is 14.9 Å². The lowest BCUT2D eigenvalue weighted by Gasteiger charge is -2.06. The first-order chi connectivity index (χ1) is 7.47. The molecule has 1 aromatic rings. The minimum absolute atomic E-state index is 0.0295. The topological polar surface area (TPSA) is 98.3 Å². The number of hydrogen-bond acceptors (Lipinski definition) is 4. The molecule has 1 atom stereocenters. The van der Waals surface area contributed by atoms with Crippen molar-refractivity contribution in [2.24, 2.45) is 7.05 Å². The third-order valence-electron chi connectivity index (χ3n) is 2.24. The van der Waals surface area contributed by atoms with E-state index in [0.29, 0.717) is 12.8 Å². The zero-order chi connectivity index (χ0) is 12.3. The summed E-state index contributed by atoms with van der Waals surface area (Å²) in [7, 11) is 1.53. The molecule has 1 rings (SSSR count). The second kappa shape index (κ2) is 4.73. The highest BCUT2D eigenvalue weighted by atomic mass is 16.6. The molecule has 0 aliphatic carbocycles. The van der Waals surface area contributed by atoms with Gasteiger partial charge in [-0.2, -0.15) is 5.10 Å². The van der Waals surface area contributed by atoms with Gasteiger partial charge < -0.3 is 5.11 Å². The summed E-state index contributed by atoms with van der Waals surface area (Å²) >= 11 is 0. The van der Waals surface area contributed by atoms with E-state index in [1.54, 1.807) is 0 Å². The number of aryl methyl sites for hydroxylation is 1. The molecule has 0 saturated heterocycles. The first-order valence-electron chi connectivity index (χ1n) is 4.88. The summed E-state index contributed by atoms with van der Waals surface area (Å²) in [4.78, 5) is 21.1. The second-order valence-electron chi connectivity index (χ2n) is 3.51. The Morgan fingerprint density at radius 1 is 1.75 bits per heavy atom. The van der Waals surface area contributed by atoms with Crippen molar-refractivity contribution in [3.63, 3.8) is 0 Å². The zero-order valence-corrected chi connectivity index (χ0v) is 9.08. The maximum atomic E-state index is 11.0. The van der Waals surface area contributed by atoms with E-state index in [1.807, 2.05) is 6.92 Å². The van der Waals surface area contributed by atoms with Gasteiger partial charge in [-0.1, -0.05) is 13.3 Å². The van der Waals surface area contributed by atoms with Crippen LogP contribution in [0.4, 0.5) is 5.69 Å². The molecule has 88 valence electrons. The van der Waals surface area contributed by atoms with Crippen LogP contribution < -0.4 is 0 Å². The van der Waals surface area contributed by atoms with Crippen molar-refractivity contribution in [2.45, 2.75) is 25.7 Å². The molecule has 7 nitrogen and oxygen atoms in total. The lowest BCUT2D eigenvalue weighted by Crippen LogP contribution is -2.13. The molecule has 0 amide bonds. The molecule has 1 aromatic heterocycles. The van der Waals surface area contributed by atoms with Crippen molar-refractivity contribution in [3.8, 4) is 0 Å². The molecule has 0 spiro atoms. The van der Waals surface area contributed by atoms with E-state index in [0.717, 1.165) is 0 Å². The van der Waals surface area contributed by atoms with Crippen molar-refractivity contribution in [1.29, 1.82) is 0 Å².